The summed E-state index contributed by atoms with van der Waals surface area (Å²) in [6.45, 7) is 2.09. The fourth-order valence-electron chi connectivity index (χ4n) is 2.62. The maximum absolute atomic E-state index is 9.45. The van der Waals surface area contributed by atoms with Crippen molar-refractivity contribution in [2.24, 2.45) is 0 Å². The molecular formula is C20H16N2OS. The minimum Gasteiger partial charge on any atom is -0.508 e. The maximum atomic E-state index is 9.45. The van der Waals surface area contributed by atoms with E-state index < -0.39 is 0 Å². The van der Waals surface area contributed by atoms with Crippen LogP contribution in [0.1, 0.15) is 5.56 Å². The fraction of sp³-hybridized carbons (Fsp3) is 0.0500. The third kappa shape index (κ3) is 2.88. The van der Waals surface area contributed by atoms with Gasteiger partial charge in [-0.1, -0.05) is 29.5 Å². The molecule has 0 saturated heterocycles. The number of pyridine rings is 1. The van der Waals surface area contributed by atoms with E-state index in [0.717, 1.165) is 22.3 Å². The Labute approximate surface area is 144 Å². The van der Waals surface area contributed by atoms with E-state index in [4.69, 9.17) is 0 Å². The van der Waals surface area contributed by atoms with Gasteiger partial charge in [0.05, 0.1) is 0 Å². The topological polar surface area (TPSA) is 48.9 Å². The molecule has 0 bridgehead atoms. The van der Waals surface area contributed by atoms with Crippen LogP contribution in [0, 0.1) is 6.92 Å². The van der Waals surface area contributed by atoms with Gasteiger partial charge in [-0.25, -0.2) is 4.98 Å². The van der Waals surface area contributed by atoms with Crippen LogP contribution >= 0.6 is 11.8 Å². The van der Waals surface area contributed by atoms with E-state index in [1.54, 1.807) is 23.9 Å². The number of hydrogen-bond donors (Lipinski definition) is 2. The Kier molecular flexibility index (Phi) is 3.75. The van der Waals surface area contributed by atoms with Crippen LogP contribution in [0.5, 0.6) is 5.75 Å². The van der Waals surface area contributed by atoms with Crippen LogP contribution in [0.4, 0.5) is 0 Å². The quantitative estimate of drug-likeness (QED) is 0.528. The lowest BCUT2D eigenvalue weighted by molar-refractivity contribution is 0.475. The van der Waals surface area contributed by atoms with E-state index in [-0.39, 0.29) is 5.75 Å². The Morgan fingerprint density at radius 2 is 1.71 bits per heavy atom. The Morgan fingerprint density at radius 3 is 2.46 bits per heavy atom. The molecule has 0 amide bonds. The smallest absolute Gasteiger partial charge is 0.138 e. The molecule has 2 aromatic heterocycles. The highest BCUT2D eigenvalue weighted by atomic mass is 32.2. The van der Waals surface area contributed by atoms with E-state index in [0.29, 0.717) is 0 Å². The van der Waals surface area contributed by atoms with Gasteiger partial charge in [-0.05, 0) is 61.0 Å². The molecular weight excluding hydrogens is 316 g/mol. The van der Waals surface area contributed by atoms with Crippen molar-refractivity contribution in [2.45, 2.75) is 16.7 Å². The van der Waals surface area contributed by atoms with Crippen LogP contribution in [0.25, 0.3) is 22.3 Å². The highest BCUT2D eigenvalue weighted by molar-refractivity contribution is 7.99. The predicted molar refractivity (Wildman–Crippen MR) is 98.5 cm³/mol. The lowest BCUT2D eigenvalue weighted by atomic mass is 10.1. The number of hydrogen-bond acceptors (Lipinski definition) is 3. The number of benzene rings is 2. The lowest BCUT2D eigenvalue weighted by Gasteiger charge is -2.03. The number of phenols is 1. The second kappa shape index (κ2) is 6.06. The first kappa shape index (κ1) is 14.8. The molecule has 3 nitrogen and oxygen atoms in total. The minimum atomic E-state index is 0.267. The number of nitrogens with one attached hydrogen (secondary N) is 1. The molecule has 24 heavy (non-hydrogen) atoms. The van der Waals surface area contributed by atoms with E-state index in [1.807, 2.05) is 24.4 Å². The Bertz CT molecular complexity index is 989. The molecule has 2 aromatic carbocycles. The molecule has 4 heteroatoms. The molecule has 0 aliphatic rings. The molecule has 0 aliphatic carbocycles. The zero-order chi connectivity index (χ0) is 16.5. The third-order valence-electron chi connectivity index (χ3n) is 3.92. The molecule has 0 radical (unpaired) electrons. The Hall–Kier alpha value is -2.72. The van der Waals surface area contributed by atoms with Gasteiger partial charge < -0.3 is 10.1 Å². The maximum Gasteiger partial charge on any atom is 0.138 e. The summed E-state index contributed by atoms with van der Waals surface area (Å²) in [5, 5.41) is 10.5. The van der Waals surface area contributed by atoms with Crippen LogP contribution in [0.15, 0.2) is 76.7 Å². The van der Waals surface area contributed by atoms with E-state index >= 15 is 0 Å². The van der Waals surface area contributed by atoms with Gasteiger partial charge in [0.25, 0.3) is 0 Å². The predicted octanol–water partition coefficient (Wildman–Crippen LogP) is 5.40. The third-order valence-corrected chi connectivity index (χ3v) is 5.00. The molecule has 0 aliphatic heterocycles. The fourth-order valence-corrected chi connectivity index (χ4v) is 3.54. The van der Waals surface area contributed by atoms with Crippen LogP contribution in [-0.4, -0.2) is 15.1 Å². The summed E-state index contributed by atoms with van der Waals surface area (Å²) in [4.78, 5) is 10.2. The summed E-state index contributed by atoms with van der Waals surface area (Å²) in [5.74, 6) is 0.267. The summed E-state index contributed by atoms with van der Waals surface area (Å²) in [5.41, 5.74) is 4.15. The second-order valence-corrected chi connectivity index (χ2v) is 6.83. The number of H-pyrrole nitrogens is 1. The van der Waals surface area contributed by atoms with E-state index in [9.17, 15) is 5.11 Å². The summed E-state index contributed by atoms with van der Waals surface area (Å²) in [6, 6.07) is 19.9. The monoisotopic (exact) mass is 332 g/mol. The van der Waals surface area contributed by atoms with Crippen molar-refractivity contribution in [3.05, 3.63) is 72.4 Å². The van der Waals surface area contributed by atoms with Crippen LogP contribution in [0.3, 0.4) is 0 Å². The zero-order valence-electron chi connectivity index (χ0n) is 13.2. The van der Waals surface area contributed by atoms with Crippen molar-refractivity contribution < 1.29 is 5.11 Å². The molecule has 2 N–H and O–H groups in total. The first-order valence-electron chi connectivity index (χ1n) is 7.71. The van der Waals surface area contributed by atoms with Crippen molar-refractivity contribution in [1.82, 2.24) is 9.97 Å². The number of aromatic hydroxyl groups is 1. The molecule has 0 atom stereocenters. The lowest BCUT2D eigenvalue weighted by Crippen LogP contribution is -1.80. The molecule has 0 fully saturated rings. The standard InChI is InChI=1S/C20H16N2OS/c1-13-2-8-16(9-3-13)24-19-10-11-21-20-17(19)12-18(22-20)14-4-6-15(23)7-5-14/h2-12,23H,1H3,(H,21,22). The zero-order valence-corrected chi connectivity index (χ0v) is 14.0. The van der Waals surface area contributed by atoms with Gasteiger partial charge in [0.15, 0.2) is 0 Å². The molecule has 0 spiro atoms. The summed E-state index contributed by atoms with van der Waals surface area (Å²) >= 11 is 1.74. The van der Waals surface area contributed by atoms with Crippen molar-refractivity contribution in [2.75, 3.05) is 0 Å². The normalized spacial score (nSPS) is 11.0. The molecule has 118 valence electrons. The van der Waals surface area contributed by atoms with Crippen LogP contribution in [-0.2, 0) is 0 Å². The van der Waals surface area contributed by atoms with Crippen molar-refractivity contribution >= 4 is 22.8 Å². The number of nitrogens with zero attached hydrogens (tertiary/aromatic N) is 1. The molecule has 4 aromatic rings. The summed E-state index contributed by atoms with van der Waals surface area (Å²) in [7, 11) is 0. The van der Waals surface area contributed by atoms with Gasteiger partial charge in [0.2, 0.25) is 0 Å². The van der Waals surface area contributed by atoms with Gasteiger partial charge >= 0.3 is 0 Å². The molecule has 0 unspecified atom stereocenters. The number of fused-ring (bicyclic) bond motifs is 1. The molecule has 0 saturated carbocycles. The van der Waals surface area contributed by atoms with Gasteiger partial charge in [0.1, 0.15) is 11.4 Å². The highest BCUT2D eigenvalue weighted by Gasteiger charge is 2.09. The van der Waals surface area contributed by atoms with Crippen LogP contribution < -0.4 is 0 Å². The average molecular weight is 332 g/mol. The van der Waals surface area contributed by atoms with Crippen molar-refractivity contribution in [3.8, 4) is 17.0 Å². The number of rotatable bonds is 3. The Balaban J connectivity index is 1.74. The van der Waals surface area contributed by atoms with Gasteiger partial charge in [-0.2, -0.15) is 0 Å². The Morgan fingerprint density at radius 1 is 0.958 bits per heavy atom. The van der Waals surface area contributed by atoms with E-state index in [2.05, 4.69) is 47.2 Å². The number of aromatic nitrogens is 2. The highest BCUT2D eigenvalue weighted by Crippen LogP contribution is 2.35. The van der Waals surface area contributed by atoms with Gasteiger partial charge in [-0.15, -0.1) is 0 Å². The summed E-state index contributed by atoms with van der Waals surface area (Å²) < 4.78 is 0. The average Bonchev–Trinajstić information content (AvgIpc) is 3.03. The van der Waals surface area contributed by atoms with Crippen molar-refractivity contribution in [1.29, 1.82) is 0 Å². The minimum absolute atomic E-state index is 0.267. The van der Waals surface area contributed by atoms with Crippen molar-refractivity contribution in [3.63, 3.8) is 0 Å². The molecule has 4 rings (SSSR count). The second-order valence-electron chi connectivity index (χ2n) is 5.72. The van der Waals surface area contributed by atoms with Gasteiger partial charge in [0, 0.05) is 27.1 Å². The number of aromatic amines is 1. The van der Waals surface area contributed by atoms with E-state index in [1.165, 1.54) is 15.4 Å². The molecule has 2 heterocycles. The summed E-state index contributed by atoms with van der Waals surface area (Å²) in [6.07, 6.45) is 1.83. The number of aryl methyl sites for hydroxylation is 1. The first-order valence-corrected chi connectivity index (χ1v) is 8.52. The van der Waals surface area contributed by atoms with Crippen LogP contribution in [0.2, 0.25) is 0 Å². The van der Waals surface area contributed by atoms with Gasteiger partial charge in [-0.3, -0.25) is 0 Å². The SMILES string of the molecule is Cc1ccc(Sc2ccnc3[nH]c(-c4ccc(O)cc4)cc23)cc1. The largest absolute Gasteiger partial charge is 0.508 e. The number of phenolic OH excluding ortho intramolecular Hbond substituents is 1. The first-order chi connectivity index (χ1) is 11.7.